The zero-order chi connectivity index (χ0) is 13.8. The number of hydrogen-bond acceptors (Lipinski definition) is 1. The van der Waals surface area contributed by atoms with Crippen molar-refractivity contribution in [2.45, 2.75) is 38.0 Å². The van der Waals surface area contributed by atoms with Crippen LogP contribution >= 0.6 is 0 Å². The van der Waals surface area contributed by atoms with Crippen LogP contribution in [0.2, 0.25) is 0 Å². The second-order valence-electron chi connectivity index (χ2n) is 5.67. The van der Waals surface area contributed by atoms with Crippen LogP contribution in [0.1, 0.15) is 43.6 Å². The van der Waals surface area contributed by atoms with Crippen LogP contribution < -0.4 is 10.8 Å². The number of para-hydroxylation sites is 1. The summed E-state index contributed by atoms with van der Waals surface area (Å²) in [5.41, 5.74) is 4.59. The molecule has 0 aliphatic heterocycles. The predicted octanol–water partition coefficient (Wildman–Crippen LogP) is 4.27. The highest BCUT2D eigenvalue weighted by Gasteiger charge is 2.18. The first-order valence-corrected chi connectivity index (χ1v) is 7.54. The van der Waals surface area contributed by atoms with Gasteiger partial charge >= 0.3 is 0 Å². The molecule has 0 bridgehead atoms. The van der Waals surface area contributed by atoms with Gasteiger partial charge in [0.05, 0.1) is 0 Å². The van der Waals surface area contributed by atoms with Crippen molar-refractivity contribution in [1.82, 2.24) is 0 Å². The Kier molecular flexibility index (Phi) is 4.10. The van der Waals surface area contributed by atoms with Crippen molar-refractivity contribution in [3.63, 3.8) is 0 Å². The van der Waals surface area contributed by atoms with Crippen LogP contribution in [-0.4, -0.2) is 7.85 Å². The Hall–Kier alpha value is -1.70. The summed E-state index contributed by atoms with van der Waals surface area (Å²) in [6.45, 7) is 0. The topological polar surface area (TPSA) is 12.0 Å². The monoisotopic (exact) mass is 261 g/mol. The molecular weight excluding hydrogens is 241 g/mol. The van der Waals surface area contributed by atoms with Crippen LogP contribution in [0.3, 0.4) is 0 Å². The van der Waals surface area contributed by atoms with Gasteiger partial charge in [-0.2, -0.15) is 0 Å². The zero-order valence-corrected chi connectivity index (χ0v) is 11.8. The molecule has 1 aliphatic carbocycles. The fourth-order valence-corrected chi connectivity index (χ4v) is 3.12. The summed E-state index contributed by atoms with van der Waals surface area (Å²) in [6.07, 6.45) is 6.62. The molecule has 0 atom stereocenters. The van der Waals surface area contributed by atoms with Gasteiger partial charge in [-0.25, -0.2) is 0 Å². The van der Waals surface area contributed by atoms with Crippen molar-refractivity contribution in [1.29, 1.82) is 0 Å². The van der Waals surface area contributed by atoms with E-state index in [1.54, 1.807) is 0 Å². The largest absolute Gasteiger partial charge is 0.355 e. The van der Waals surface area contributed by atoms with E-state index in [1.807, 2.05) is 12.1 Å². The van der Waals surface area contributed by atoms with E-state index in [4.69, 9.17) is 7.85 Å². The van der Waals surface area contributed by atoms with E-state index in [0.717, 1.165) is 11.2 Å². The lowest BCUT2D eigenvalue weighted by Gasteiger charge is -2.25. The van der Waals surface area contributed by atoms with Gasteiger partial charge < -0.3 is 5.32 Å². The first-order valence-electron chi connectivity index (χ1n) is 7.54. The van der Waals surface area contributed by atoms with E-state index in [2.05, 4.69) is 41.7 Å². The maximum atomic E-state index is 6.00. The molecule has 2 aromatic carbocycles. The van der Waals surface area contributed by atoms with Gasteiger partial charge in [0.25, 0.3) is 0 Å². The molecule has 2 heteroatoms. The number of rotatable bonds is 3. The van der Waals surface area contributed by atoms with Gasteiger partial charge in [-0.3, -0.25) is 0 Å². The molecule has 1 saturated carbocycles. The molecule has 0 aromatic heterocycles. The van der Waals surface area contributed by atoms with Crippen molar-refractivity contribution in [2.75, 3.05) is 5.32 Å². The standard InChI is InChI=1S/C18H20BN/c19-15-11-12-18(20-16-9-5-2-6-10-16)17(13-15)14-7-3-1-4-8-14/h2,5-6,9-14,20H,1,3-4,7-8H2. The average molecular weight is 261 g/mol. The van der Waals surface area contributed by atoms with E-state index in [9.17, 15) is 0 Å². The fourth-order valence-electron chi connectivity index (χ4n) is 3.12. The molecule has 20 heavy (non-hydrogen) atoms. The smallest absolute Gasteiger partial charge is 0.113 e. The van der Waals surface area contributed by atoms with Gasteiger partial charge in [-0.1, -0.05) is 55.1 Å². The molecular formula is C18H20BN. The molecule has 3 rings (SSSR count). The van der Waals surface area contributed by atoms with E-state index in [0.29, 0.717) is 5.92 Å². The minimum Gasteiger partial charge on any atom is -0.355 e. The summed E-state index contributed by atoms with van der Waals surface area (Å²) >= 11 is 0. The molecule has 2 radical (unpaired) electrons. The van der Waals surface area contributed by atoms with Crippen LogP contribution in [-0.2, 0) is 0 Å². The summed E-state index contributed by atoms with van der Waals surface area (Å²) in [5.74, 6) is 0.651. The first-order chi connectivity index (χ1) is 9.83. The van der Waals surface area contributed by atoms with Crippen molar-refractivity contribution in [3.05, 3.63) is 54.1 Å². The Morgan fingerprint density at radius 3 is 2.40 bits per heavy atom. The molecule has 0 saturated heterocycles. The number of nitrogens with one attached hydrogen (secondary N) is 1. The Bertz CT molecular complexity index is 559. The Balaban J connectivity index is 1.89. The van der Waals surface area contributed by atoms with Gasteiger partial charge in [0.2, 0.25) is 0 Å². The van der Waals surface area contributed by atoms with Crippen LogP contribution in [0.4, 0.5) is 11.4 Å². The third kappa shape index (κ3) is 3.06. The summed E-state index contributed by atoms with van der Waals surface area (Å²) in [5, 5.41) is 3.54. The van der Waals surface area contributed by atoms with Crippen molar-refractivity contribution < 1.29 is 0 Å². The zero-order valence-electron chi connectivity index (χ0n) is 11.8. The summed E-state index contributed by atoms with van der Waals surface area (Å²) in [4.78, 5) is 0. The minimum atomic E-state index is 0.651. The second kappa shape index (κ2) is 6.17. The van der Waals surface area contributed by atoms with E-state index in [1.165, 1.54) is 43.4 Å². The highest BCUT2D eigenvalue weighted by molar-refractivity contribution is 6.32. The molecule has 0 unspecified atom stereocenters. The fraction of sp³-hybridized carbons (Fsp3) is 0.333. The van der Waals surface area contributed by atoms with Crippen molar-refractivity contribution in [3.8, 4) is 0 Å². The van der Waals surface area contributed by atoms with Gasteiger partial charge in [0, 0.05) is 11.4 Å². The third-order valence-corrected chi connectivity index (χ3v) is 4.17. The van der Waals surface area contributed by atoms with Gasteiger partial charge in [0.1, 0.15) is 7.85 Å². The molecule has 0 heterocycles. The SMILES string of the molecule is [B]c1ccc(Nc2ccccc2)c(C2CCCCC2)c1. The summed E-state index contributed by atoms with van der Waals surface area (Å²) < 4.78 is 0. The molecule has 1 N–H and O–H groups in total. The highest BCUT2D eigenvalue weighted by atomic mass is 14.9. The van der Waals surface area contributed by atoms with Crippen LogP contribution in [0.5, 0.6) is 0 Å². The van der Waals surface area contributed by atoms with Crippen LogP contribution in [0.25, 0.3) is 0 Å². The van der Waals surface area contributed by atoms with Gasteiger partial charge in [-0.15, -0.1) is 0 Å². The van der Waals surface area contributed by atoms with Crippen molar-refractivity contribution >= 4 is 24.7 Å². The van der Waals surface area contributed by atoms with Gasteiger partial charge in [0.15, 0.2) is 0 Å². The molecule has 1 aliphatic rings. The third-order valence-electron chi connectivity index (χ3n) is 4.17. The number of hydrogen-bond donors (Lipinski definition) is 1. The van der Waals surface area contributed by atoms with Gasteiger partial charge in [-0.05, 0) is 42.5 Å². The van der Waals surface area contributed by atoms with Crippen LogP contribution in [0, 0.1) is 0 Å². The van der Waals surface area contributed by atoms with E-state index in [-0.39, 0.29) is 0 Å². The second-order valence-corrected chi connectivity index (χ2v) is 5.67. The normalized spacial score (nSPS) is 16.0. The maximum absolute atomic E-state index is 6.00. The maximum Gasteiger partial charge on any atom is 0.113 e. The molecule has 1 nitrogen and oxygen atoms in total. The highest BCUT2D eigenvalue weighted by Crippen LogP contribution is 2.36. The lowest BCUT2D eigenvalue weighted by atomic mass is 9.81. The average Bonchev–Trinajstić information content (AvgIpc) is 2.51. The van der Waals surface area contributed by atoms with E-state index < -0.39 is 0 Å². The lowest BCUT2D eigenvalue weighted by molar-refractivity contribution is 0.444. The molecule has 2 aromatic rings. The molecule has 100 valence electrons. The molecule has 0 spiro atoms. The van der Waals surface area contributed by atoms with Crippen LogP contribution in [0.15, 0.2) is 48.5 Å². The van der Waals surface area contributed by atoms with E-state index >= 15 is 0 Å². The number of anilines is 2. The Morgan fingerprint density at radius 1 is 0.900 bits per heavy atom. The summed E-state index contributed by atoms with van der Waals surface area (Å²) in [7, 11) is 6.00. The quantitative estimate of drug-likeness (QED) is 0.813. The minimum absolute atomic E-state index is 0.651. The number of benzene rings is 2. The lowest BCUT2D eigenvalue weighted by Crippen LogP contribution is -2.12. The Morgan fingerprint density at radius 2 is 1.65 bits per heavy atom. The molecule has 0 amide bonds. The van der Waals surface area contributed by atoms with Crippen molar-refractivity contribution in [2.24, 2.45) is 0 Å². The first kappa shape index (κ1) is 13.3. The molecule has 1 fully saturated rings. The summed E-state index contributed by atoms with van der Waals surface area (Å²) in [6, 6.07) is 16.6. The Labute approximate surface area is 122 Å². The predicted molar refractivity (Wildman–Crippen MR) is 87.4 cm³/mol.